The molecule has 28 heavy (non-hydrogen) atoms. The molecule has 2 N–H and O–H groups in total. The molecule has 1 aromatic heterocycles. The summed E-state index contributed by atoms with van der Waals surface area (Å²) in [5.74, 6) is -0.989. The van der Waals surface area contributed by atoms with Gasteiger partial charge in [-0.1, -0.05) is 24.3 Å². The third-order valence-corrected chi connectivity index (χ3v) is 3.94. The molecule has 2 atom stereocenters. The van der Waals surface area contributed by atoms with Gasteiger partial charge in [-0.15, -0.1) is 0 Å². The summed E-state index contributed by atoms with van der Waals surface area (Å²) in [6.07, 6.45) is 0.698. The van der Waals surface area contributed by atoms with Gasteiger partial charge in [-0.05, 0) is 39.8 Å². The van der Waals surface area contributed by atoms with Crippen molar-refractivity contribution in [2.75, 3.05) is 0 Å². The van der Waals surface area contributed by atoms with Crippen molar-refractivity contribution in [3.8, 4) is 0 Å². The first-order valence-electron chi connectivity index (χ1n) is 9.24. The van der Waals surface area contributed by atoms with Crippen molar-refractivity contribution in [2.24, 2.45) is 0 Å². The number of amides is 2. The second kappa shape index (κ2) is 9.30. The summed E-state index contributed by atoms with van der Waals surface area (Å²) in [4.78, 5) is 39.9. The van der Waals surface area contributed by atoms with Crippen LogP contribution < -0.4 is 10.6 Å². The van der Waals surface area contributed by atoms with E-state index in [1.807, 2.05) is 43.3 Å². The fourth-order valence-electron chi connectivity index (χ4n) is 2.79. The number of aromatic nitrogens is 1. The molecule has 0 bridgehead atoms. The molecule has 2 aromatic rings. The molecule has 2 amide bonds. The van der Waals surface area contributed by atoms with Crippen LogP contribution in [0, 0.1) is 0 Å². The second-order valence-electron chi connectivity index (χ2n) is 7.74. The molecule has 1 heterocycles. The Kier molecular flexibility index (Phi) is 7.09. The lowest BCUT2D eigenvalue weighted by Gasteiger charge is -2.23. The molecule has 0 saturated carbocycles. The maximum atomic E-state index is 12.5. The Bertz CT molecular complexity index is 845. The largest absolute Gasteiger partial charge is 0.460 e. The van der Waals surface area contributed by atoms with Gasteiger partial charge in [0, 0.05) is 23.5 Å². The van der Waals surface area contributed by atoms with Crippen LogP contribution in [0.1, 0.15) is 39.8 Å². The molecule has 1 aromatic carbocycles. The lowest BCUT2D eigenvalue weighted by molar-refractivity contribution is -0.156. The summed E-state index contributed by atoms with van der Waals surface area (Å²) in [6.45, 7) is 7.07. The highest BCUT2D eigenvalue weighted by molar-refractivity contribution is 5.88. The minimum Gasteiger partial charge on any atom is -0.460 e. The van der Waals surface area contributed by atoms with Gasteiger partial charge in [0.25, 0.3) is 0 Å². The lowest BCUT2D eigenvalue weighted by Crippen LogP contribution is -2.48. The number of benzene rings is 1. The molecule has 0 aliphatic rings. The lowest BCUT2D eigenvalue weighted by atomic mass is 10.1. The highest BCUT2D eigenvalue weighted by atomic mass is 16.6. The van der Waals surface area contributed by atoms with E-state index in [-0.39, 0.29) is 12.5 Å². The predicted octanol–water partition coefficient (Wildman–Crippen LogP) is 2.13. The number of rotatable bonds is 8. The van der Waals surface area contributed by atoms with Crippen LogP contribution in [0.3, 0.4) is 0 Å². The summed E-state index contributed by atoms with van der Waals surface area (Å²) >= 11 is 0. The third kappa shape index (κ3) is 6.64. The minimum absolute atomic E-state index is 0.226. The standard InChI is InChI=1S/C21H27N3O4/c1-14(11-16-10-9-15-7-5-6-8-17(15)24-16)23-20(27)18(22-13-25)12-19(26)28-21(2,3)4/h5-10,13-14,18H,11-12H2,1-4H3,(H,22,25)(H,23,27)/t14?,18-/m0/s1. The Morgan fingerprint density at radius 1 is 1.18 bits per heavy atom. The Morgan fingerprint density at radius 3 is 2.57 bits per heavy atom. The molecule has 1 unspecified atom stereocenters. The zero-order valence-corrected chi connectivity index (χ0v) is 16.7. The number of nitrogens with zero attached hydrogens (tertiary/aromatic N) is 1. The van der Waals surface area contributed by atoms with Crippen LogP contribution in [0.15, 0.2) is 36.4 Å². The van der Waals surface area contributed by atoms with Crippen LogP contribution in [-0.4, -0.2) is 41.0 Å². The van der Waals surface area contributed by atoms with E-state index in [2.05, 4.69) is 15.6 Å². The zero-order chi connectivity index (χ0) is 20.7. The molecular weight excluding hydrogens is 358 g/mol. The Morgan fingerprint density at radius 2 is 1.89 bits per heavy atom. The highest BCUT2D eigenvalue weighted by Crippen LogP contribution is 2.13. The first-order chi connectivity index (χ1) is 13.2. The van der Waals surface area contributed by atoms with Crippen LogP contribution in [0.25, 0.3) is 10.9 Å². The van der Waals surface area contributed by atoms with Crippen molar-refractivity contribution in [3.63, 3.8) is 0 Å². The van der Waals surface area contributed by atoms with Gasteiger partial charge in [0.15, 0.2) is 0 Å². The molecule has 2 rings (SSSR count). The number of carbonyl (C=O) groups is 3. The Labute approximate surface area is 164 Å². The summed E-state index contributed by atoms with van der Waals surface area (Å²) in [6, 6.07) is 10.5. The van der Waals surface area contributed by atoms with E-state index in [1.54, 1.807) is 20.8 Å². The summed E-state index contributed by atoms with van der Waals surface area (Å²) in [7, 11) is 0. The van der Waals surface area contributed by atoms with E-state index in [0.29, 0.717) is 12.8 Å². The normalized spacial score (nSPS) is 13.4. The first kappa shape index (κ1) is 21.3. The SMILES string of the molecule is CC(Cc1ccc2ccccc2n1)NC(=O)[C@H](CC(=O)OC(C)(C)C)NC=O. The predicted molar refractivity (Wildman–Crippen MR) is 107 cm³/mol. The molecule has 0 aliphatic heterocycles. The minimum atomic E-state index is -0.987. The molecule has 0 aliphatic carbocycles. The number of hydrogen-bond acceptors (Lipinski definition) is 5. The molecule has 7 nitrogen and oxygen atoms in total. The summed E-state index contributed by atoms with van der Waals surface area (Å²) < 4.78 is 5.22. The van der Waals surface area contributed by atoms with Crippen LogP contribution in [0.2, 0.25) is 0 Å². The van der Waals surface area contributed by atoms with Gasteiger partial charge < -0.3 is 15.4 Å². The monoisotopic (exact) mass is 385 g/mol. The van der Waals surface area contributed by atoms with Crippen molar-refractivity contribution in [3.05, 3.63) is 42.1 Å². The van der Waals surface area contributed by atoms with Crippen molar-refractivity contribution in [1.29, 1.82) is 0 Å². The van der Waals surface area contributed by atoms with Gasteiger partial charge in [0.2, 0.25) is 12.3 Å². The number of ether oxygens (including phenoxy) is 1. The number of nitrogens with one attached hydrogen (secondary N) is 2. The maximum absolute atomic E-state index is 12.5. The highest BCUT2D eigenvalue weighted by Gasteiger charge is 2.26. The van der Waals surface area contributed by atoms with E-state index in [9.17, 15) is 14.4 Å². The maximum Gasteiger partial charge on any atom is 0.308 e. The topological polar surface area (TPSA) is 97.4 Å². The van der Waals surface area contributed by atoms with Crippen LogP contribution in [0.5, 0.6) is 0 Å². The van der Waals surface area contributed by atoms with E-state index >= 15 is 0 Å². The van der Waals surface area contributed by atoms with Gasteiger partial charge in [-0.3, -0.25) is 19.4 Å². The number of hydrogen-bond donors (Lipinski definition) is 2. The van der Waals surface area contributed by atoms with E-state index in [4.69, 9.17) is 4.74 Å². The molecular formula is C21H27N3O4. The van der Waals surface area contributed by atoms with Crippen molar-refractivity contribution in [2.45, 2.75) is 58.2 Å². The smallest absolute Gasteiger partial charge is 0.308 e. The van der Waals surface area contributed by atoms with Crippen molar-refractivity contribution in [1.82, 2.24) is 15.6 Å². The van der Waals surface area contributed by atoms with E-state index in [1.165, 1.54) is 0 Å². The van der Waals surface area contributed by atoms with Gasteiger partial charge in [0.05, 0.1) is 11.9 Å². The van der Waals surface area contributed by atoms with Crippen molar-refractivity contribution < 1.29 is 19.1 Å². The number of fused-ring (bicyclic) bond motifs is 1. The Balaban J connectivity index is 1.97. The summed E-state index contributed by atoms with van der Waals surface area (Å²) in [5, 5.41) is 6.26. The Hall–Kier alpha value is -2.96. The second-order valence-corrected chi connectivity index (χ2v) is 7.74. The molecule has 150 valence electrons. The van der Waals surface area contributed by atoms with Gasteiger partial charge in [0.1, 0.15) is 11.6 Å². The fourth-order valence-corrected chi connectivity index (χ4v) is 2.79. The van der Waals surface area contributed by atoms with E-state index in [0.717, 1.165) is 16.6 Å². The third-order valence-electron chi connectivity index (χ3n) is 3.94. The summed E-state index contributed by atoms with van der Waals surface area (Å²) in [5.41, 5.74) is 1.08. The van der Waals surface area contributed by atoms with E-state index < -0.39 is 23.5 Å². The first-order valence-corrected chi connectivity index (χ1v) is 9.24. The molecule has 7 heteroatoms. The fraction of sp³-hybridized carbons (Fsp3) is 0.429. The van der Waals surface area contributed by atoms with Gasteiger partial charge in [-0.25, -0.2) is 0 Å². The van der Waals surface area contributed by atoms with Crippen LogP contribution in [0.4, 0.5) is 0 Å². The molecule has 0 spiro atoms. The number of pyridine rings is 1. The molecule has 0 saturated heterocycles. The number of carbonyl (C=O) groups excluding carboxylic acids is 3. The van der Waals surface area contributed by atoms with Crippen LogP contribution >= 0.6 is 0 Å². The average Bonchev–Trinajstić information content (AvgIpc) is 2.59. The van der Waals surface area contributed by atoms with Crippen LogP contribution in [-0.2, 0) is 25.5 Å². The zero-order valence-electron chi connectivity index (χ0n) is 16.7. The quantitative estimate of drug-likeness (QED) is 0.536. The van der Waals surface area contributed by atoms with Gasteiger partial charge in [-0.2, -0.15) is 0 Å². The molecule has 0 fully saturated rings. The number of para-hydroxylation sites is 1. The average molecular weight is 385 g/mol. The molecule has 0 radical (unpaired) electrons. The van der Waals surface area contributed by atoms with Gasteiger partial charge >= 0.3 is 5.97 Å². The van der Waals surface area contributed by atoms with Crippen molar-refractivity contribution >= 4 is 29.2 Å². The number of esters is 1.